The molecule has 21 heavy (non-hydrogen) atoms. The molecule has 112 valence electrons. The van der Waals surface area contributed by atoms with Gasteiger partial charge in [-0.15, -0.1) is 11.3 Å². The summed E-state index contributed by atoms with van der Waals surface area (Å²) in [6, 6.07) is 10.1. The van der Waals surface area contributed by atoms with E-state index in [1.807, 2.05) is 37.3 Å². The van der Waals surface area contributed by atoms with Crippen LogP contribution in [-0.4, -0.2) is 28.6 Å². The number of thiazole rings is 1. The Morgan fingerprint density at radius 2 is 2.14 bits per heavy atom. The summed E-state index contributed by atoms with van der Waals surface area (Å²) in [6.45, 7) is 2.41. The molecule has 0 fully saturated rings. The number of benzene rings is 1. The summed E-state index contributed by atoms with van der Waals surface area (Å²) in [6.07, 6.45) is 3.30. The molecule has 4 nitrogen and oxygen atoms in total. The number of carbonyl (C=O) groups is 1. The molecule has 1 atom stereocenters. The van der Waals surface area contributed by atoms with Crippen molar-refractivity contribution in [1.29, 1.82) is 0 Å². The molecule has 2 aromatic rings. The van der Waals surface area contributed by atoms with Crippen molar-refractivity contribution in [3.8, 4) is 0 Å². The highest BCUT2D eigenvalue weighted by Gasteiger charge is 2.11. The first-order chi connectivity index (χ1) is 10.2. The third-order valence-corrected chi connectivity index (χ3v) is 4.21. The number of amides is 1. The van der Waals surface area contributed by atoms with E-state index in [1.165, 1.54) is 16.9 Å². The Bertz CT molecular complexity index is 569. The molecule has 2 rings (SSSR count). The second-order valence-corrected chi connectivity index (χ2v) is 6.00. The molecule has 0 saturated heterocycles. The number of hydrogen-bond acceptors (Lipinski definition) is 4. The maximum Gasteiger partial charge on any atom is 0.263 e. The minimum atomic E-state index is -0.347. The van der Waals surface area contributed by atoms with Crippen molar-refractivity contribution in [3.63, 3.8) is 0 Å². The van der Waals surface area contributed by atoms with Gasteiger partial charge in [-0.2, -0.15) is 0 Å². The molecule has 0 bridgehead atoms. The molecule has 2 N–H and O–H groups in total. The van der Waals surface area contributed by atoms with Crippen molar-refractivity contribution in [1.82, 2.24) is 10.3 Å². The van der Waals surface area contributed by atoms with E-state index in [-0.39, 0.29) is 12.0 Å². The van der Waals surface area contributed by atoms with Gasteiger partial charge in [0.2, 0.25) is 0 Å². The van der Waals surface area contributed by atoms with Crippen LogP contribution < -0.4 is 5.32 Å². The van der Waals surface area contributed by atoms with E-state index >= 15 is 0 Å². The summed E-state index contributed by atoms with van der Waals surface area (Å²) in [4.78, 5) is 16.9. The van der Waals surface area contributed by atoms with Crippen molar-refractivity contribution in [2.75, 3.05) is 6.54 Å². The molecule has 1 amide bonds. The van der Waals surface area contributed by atoms with Crippen LogP contribution in [0.1, 0.15) is 40.0 Å². The smallest absolute Gasteiger partial charge is 0.263 e. The molecule has 0 aliphatic carbocycles. The average molecular weight is 304 g/mol. The quantitative estimate of drug-likeness (QED) is 0.826. The minimum Gasteiger partial charge on any atom is -0.393 e. The lowest BCUT2D eigenvalue weighted by Gasteiger charge is -2.07. The van der Waals surface area contributed by atoms with Gasteiger partial charge in [0.25, 0.3) is 5.91 Å². The highest BCUT2D eigenvalue weighted by molar-refractivity contribution is 7.13. The summed E-state index contributed by atoms with van der Waals surface area (Å²) in [5.74, 6) is -0.116. The van der Waals surface area contributed by atoms with Crippen molar-refractivity contribution in [2.45, 2.75) is 32.3 Å². The van der Waals surface area contributed by atoms with E-state index in [0.29, 0.717) is 24.3 Å². The zero-order valence-electron chi connectivity index (χ0n) is 12.1. The van der Waals surface area contributed by atoms with Crippen LogP contribution >= 0.6 is 11.3 Å². The Morgan fingerprint density at radius 1 is 1.38 bits per heavy atom. The minimum absolute atomic E-state index is 0.116. The van der Waals surface area contributed by atoms with Gasteiger partial charge in [-0.05, 0) is 18.4 Å². The Balaban J connectivity index is 1.86. The van der Waals surface area contributed by atoms with Gasteiger partial charge in [0.15, 0.2) is 0 Å². The van der Waals surface area contributed by atoms with E-state index in [0.717, 1.165) is 11.4 Å². The number of aromatic nitrogens is 1. The molecule has 1 aromatic heterocycles. The third-order valence-electron chi connectivity index (χ3n) is 3.21. The van der Waals surface area contributed by atoms with Gasteiger partial charge in [0.05, 0.1) is 17.3 Å². The molecular formula is C16H20N2O2S. The highest BCUT2D eigenvalue weighted by Crippen LogP contribution is 2.16. The van der Waals surface area contributed by atoms with E-state index in [4.69, 9.17) is 0 Å². The molecule has 5 heteroatoms. The van der Waals surface area contributed by atoms with Crippen LogP contribution in [0.2, 0.25) is 0 Å². The van der Waals surface area contributed by atoms with Crippen molar-refractivity contribution < 1.29 is 9.90 Å². The maximum atomic E-state index is 12.0. The topological polar surface area (TPSA) is 62.2 Å². The third kappa shape index (κ3) is 4.95. The zero-order valence-corrected chi connectivity index (χ0v) is 12.9. The molecular weight excluding hydrogens is 284 g/mol. The lowest BCUT2D eigenvalue weighted by Crippen LogP contribution is -2.26. The summed E-state index contributed by atoms with van der Waals surface area (Å²) >= 11 is 1.41. The number of aliphatic hydroxyl groups excluding tert-OH is 1. The fourth-order valence-electron chi connectivity index (χ4n) is 1.91. The molecule has 1 heterocycles. The van der Waals surface area contributed by atoms with E-state index < -0.39 is 0 Å². The van der Waals surface area contributed by atoms with Crippen LogP contribution in [0.25, 0.3) is 0 Å². The fourth-order valence-corrected chi connectivity index (χ4v) is 2.78. The number of nitrogens with zero attached hydrogens (tertiary/aromatic N) is 1. The van der Waals surface area contributed by atoms with Crippen LogP contribution in [-0.2, 0) is 6.42 Å². The second kappa shape index (κ2) is 7.90. The van der Waals surface area contributed by atoms with Crippen LogP contribution in [0.5, 0.6) is 0 Å². The first-order valence-electron chi connectivity index (χ1n) is 7.14. The summed E-state index contributed by atoms with van der Waals surface area (Å²) in [7, 11) is 0. The van der Waals surface area contributed by atoms with E-state index in [9.17, 15) is 9.90 Å². The Morgan fingerprint density at radius 3 is 2.86 bits per heavy atom. The summed E-state index contributed by atoms with van der Waals surface area (Å²) in [5.41, 5.74) is 1.19. The molecule has 0 radical (unpaired) electrons. The molecule has 0 aliphatic heterocycles. The van der Waals surface area contributed by atoms with Gasteiger partial charge in [-0.25, -0.2) is 4.98 Å². The average Bonchev–Trinajstić information content (AvgIpc) is 2.96. The summed E-state index contributed by atoms with van der Waals surface area (Å²) in [5, 5.41) is 13.2. The maximum absolute atomic E-state index is 12.0. The molecule has 0 aliphatic rings. The predicted molar refractivity (Wildman–Crippen MR) is 84.6 cm³/mol. The SMILES string of the molecule is CCC(O)CCNC(=O)c1cnc(Cc2ccccc2)s1. The largest absolute Gasteiger partial charge is 0.393 e. The number of rotatable bonds is 7. The number of aliphatic hydroxyl groups is 1. The van der Waals surface area contributed by atoms with Gasteiger partial charge >= 0.3 is 0 Å². The monoisotopic (exact) mass is 304 g/mol. The Hall–Kier alpha value is -1.72. The Kier molecular flexibility index (Phi) is 5.90. The molecule has 1 unspecified atom stereocenters. The number of carbonyl (C=O) groups excluding carboxylic acids is 1. The van der Waals surface area contributed by atoms with E-state index in [1.54, 1.807) is 6.20 Å². The zero-order chi connectivity index (χ0) is 15.1. The lowest BCUT2D eigenvalue weighted by atomic mass is 10.2. The highest BCUT2D eigenvalue weighted by atomic mass is 32.1. The predicted octanol–water partition coefficient (Wildman–Crippen LogP) is 2.62. The number of hydrogen-bond donors (Lipinski definition) is 2. The van der Waals surface area contributed by atoms with Crippen molar-refractivity contribution in [3.05, 3.63) is 52.0 Å². The van der Waals surface area contributed by atoms with Gasteiger partial charge in [-0.1, -0.05) is 37.3 Å². The van der Waals surface area contributed by atoms with Gasteiger partial charge in [0.1, 0.15) is 4.88 Å². The normalized spacial score (nSPS) is 12.1. The van der Waals surface area contributed by atoms with Crippen molar-refractivity contribution in [2.24, 2.45) is 0 Å². The number of nitrogens with one attached hydrogen (secondary N) is 1. The van der Waals surface area contributed by atoms with Crippen LogP contribution in [0.3, 0.4) is 0 Å². The van der Waals surface area contributed by atoms with Gasteiger partial charge in [0, 0.05) is 13.0 Å². The Labute approximate surface area is 128 Å². The van der Waals surface area contributed by atoms with Crippen LogP contribution in [0.15, 0.2) is 36.5 Å². The standard InChI is InChI=1S/C16H20N2O2S/c1-2-13(19)8-9-17-16(20)14-11-18-15(21-14)10-12-6-4-3-5-7-12/h3-7,11,13,19H,2,8-10H2,1H3,(H,17,20). The lowest BCUT2D eigenvalue weighted by molar-refractivity contribution is 0.0946. The molecule has 0 saturated carbocycles. The second-order valence-electron chi connectivity index (χ2n) is 4.89. The van der Waals surface area contributed by atoms with Crippen LogP contribution in [0.4, 0.5) is 0 Å². The van der Waals surface area contributed by atoms with E-state index in [2.05, 4.69) is 10.3 Å². The van der Waals surface area contributed by atoms with Gasteiger partial charge in [-0.3, -0.25) is 4.79 Å². The molecule has 1 aromatic carbocycles. The first-order valence-corrected chi connectivity index (χ1v) is 7.95. The van der Waals surface area contributed by atoms with Gasteiger partial charge < -0.3 is 10.4 Å². The van der Waals surface area contributed by atoms with Crippen molar-refractivity contribution >= 4 is 17.2 Å². The fraction of sp³-hybridized carbons (Fsp3) is 0.375. The first kappa shape index (κ1) is 15.7. The molecule has 0 spiro atoms. The van der Waals surface area contributed by atoms with Crippen LogP contribution in [0, 0.1) is 0 Å². The summed E-state index contributed by atoms with van der Waals surface area (Å²) < 4.78 is 0.